The largest absolute Gasteiger partial charge is 0.421 e. The highest BCUT2D eigenvalue weighted by molar-refractivity contribution is 6.28. The van der Waals surface area contributed by atoms with Crippen LogP contribution in [-0.4, -0.2) is 9.97 Å². The van der Waals surface area contributed by atoms with E-state index in [1.165, 1.54) is 0 Å². The molecule has 2 rings (SSSR count). The van der Waals surface area contributed by atoms with E-state index >= 15 is 0 Å². The average molecular weight is 303 g/mol. The molecule has 0 aliphatic heterocycles. The maximum atomic E-state index is 12.9. The van der Waals surface area contributed by atoms with Gasteiger partial charge in [-0.25, -0.2) is 10.8 Å². The molecular formula is C12H10ClF3N4. The van der Waals surface area contributed by atoms with Gasteiger partial charge in [0.1, 0.15) is 5.56 Å². The smallest absolute Gasteiger partial charge is 0.290 e. The van der Waals surface area contributed by atoms with Gasteiger partial charge in [-0.3, -0.25) is 5.01 Å². The third kappa shape index (κ3) is 3.37. The molecule has 0 aliphatic rings. The number of nitrogens with zero attached hydrogens (tertiary/aromatic N) is 3. The number of hydrogen-bond donors (Lipinski definition) is 1. The lowest BCUT2D eigenvalue weighted by Crippen LogP contribution is -2.33. The van der Waals surface area contributed by atoms with E-state index in [-0.39, 0.29) is 11.8 Å². The maximum absolute atomic E-state index is 12.9. The van der Waals surface area contributed by atoms with E-state index in [9.17, 15) is 13.2 Å². The molecule has 0 aliphatic carbocycles. The Bertz CT molecular complexity index is 589. The number of hydrazine groups is 1. The van der Waals surface area contributed by atoms with Gasteiger partial charge in [-0.05, 0) is 17.2 Å². The average Bonchev–Trinajstić information content (AvgIpc) is 2.38. The van der Waals surface area contributed by atoms with Crippen LogP contribution in [0.4, 0.5) is 19.0 Å². The second kappa shape index (κ2) is 5.64. The standard InChI is InChI=1S/C12H10ClF3N4/c13-11-18-6-9(12(14,15)16)10(19-11)20(17)7-8-4-2-1-3-5-8/h1-6H,7,17H2. The number of nitrogens with two attached hydrogens (primary N) is 1. The molecule has 0 radical (unpaired) electrons. The predicted octanol–water partition coefficient (Wildman–Crippen LogP) is 3.03. The number of hydrogen-bond acceptors (Lipinski definition) is 4. The van der Waals surface area contributed by atoms with Crippen molar-refractivity contribution in [2.24, 2.45) is 5.84 Å². The van der Waals surface area contributed by atoms with E-state index in [2.05, 4.69) is 9.97 Å². The van der Waals surface area contributed by atoms with Crippen LogP contribution in [-0.2, 0) is 12.7 Å². The molecule has 0 atom stereocenters. The highest BCUT2D eigenvalue weighted by atomic mass is 35.5. The van der Waals surface area contributed by atoms with Gasteiger partial charge in [0.25, 0.3) is 0 Å². The van der Waals surface area contributed by atoms with E-state index in [0.717, 1.165) is 10.6 Å². The predicted molar refractivity (Wildman–Crippen MR) is 68.9 cm³/mol. The number of halogens is 4. The molecule has 2 aromatic rings. The maximum Gasteiger partial charge on any atom is 0.421 e. The lowest BCUT2D eigenvalue weighted by molar-refractivity contribution is -0.137. The molecule has 4 nitrogen and oxygen atoms in total. The van der Waals surface area contributed by atoms with Gasteiger partial charge in [0.05, 0.1) is 6.54 Å². The minimum absolute atomic E-state index is 0.0667. The van der Waals surface area contributed by atoms with Gasteiger partial charge in [0.15, 0.2) is 5.82 Å². The SMILES string of the molecule is NN(Cc1ccccc1)c1nc(Cl)ncc1C(F)(F)F. The number of alkyl halides is 3. The second-order valence-electron chi connectivity index (χ2n) is 3.99. The van der Waals surface area contributed by atoms with Crippen LogP contribution in [0.5, 0.6) is 0 Å². The molecule has 1 aromatic carbocycles. The molecule has 1 aromatic heterocycles. The first-order chi connectivity index (χ1) is 9.38. The lowest BCUT2D eigenvalue weighted by Gasteiger charge is -2.21. The van der Waals surface area contributed by atoms with Crippen molar-refractivity contribution >= 4 is 17.4 Å². The highest BCUT2D eigenvalue weighted by Crippen LogP contribution is 2.35. The molecule has 8 heteroatoms. The first kappa shape index (κ1) is 14.5. The van der Waals surface area contributed by atoms with Crippen LogP contribution >= 0.6 is 11.6 Å². The summed E-state index contributed by atoms with van der Waals surface area (Å²) in [6.07, 6.45) is -3.98. The molecule has 0 fully saturated rings. The van der Waals surface area contributed by atoms with Crippen molar-refractivity contribution in [1.29, 1.82) is 0 Å². The van der Waals surface area contributed by atoms with Crippen molar-refractivity contribution in [1.82, 2.24) is 9.97 Å². The molecular weight excluding hydrogens is 293 g/mol. The Morgan fingerprint density at radius 3 is 2.45 bits per heavy atom. The summed E-state index contributed by atoms with van der Waals surface area (Å²) in [5.74, 6) is 5.22. The molecule has 20 heavy (non-hydrogen) atoms. The summed E-state index contributed by atoms with van der Waals surface area (Å²) in [5, 5.41) is 0.600. The van der Waals surface area contributed by atoms with E-state index in [1.54, 1.807) is 30.3 Å². The summed E-state index contributed by atoms with van der Waals surface area (Å²) in [4.78, 5) is 6.92. The van der Waals surface area contributed by atoms with Crippen molar-refractivity contribution in [3.8, 4) is 0 Å². The number of rotatable bonds is 3. The molecule has 106 valence electrons. The quantitative estimate of drug-likeness (QED) is 0.538. The fourth-order valence-electron chi connectivity index (χ4n) is 1.63. The van der Waals surface area contributed by atoms with Crippen LogP contribution < -0.4 is 10.9 Å². The molecule has 0 saturated heterocycles. The van der Waals surface area contributed by atoms with Gasteiger partial charge in [-0.2, -0.15) is 18.2 Å². The highest BCUT2D eigenvalue weighted by Gasteiger charge is 2.36. The van der Waals surface area contributed by atoms with Crippen molar-refractivity contribution in [2.45, 2.75) is 12.7 Å². The minimum Gasteiger partial charge on any atom is -0.290 e. The van der Waals surface area contributed by atoms with Crippen LogP contribution in [0.2, 0.25) is 5.28 Å². The molecule has 0 spiro atoms. The first-order valence-corrected chi connectivity index (χ1v) is 5.91. The topological polar surface area (TPSA) is 55.0 Å². The van der Waals surface area contributed by atoms with Crippen molar-refractivity contribution in [3.63, 3.8) is 0 Å². The lowest BCUT2D eigenvalue weighted by atomic mass is 10.2. The Morgan fingerprint density at radius 1 is 1.20 bits per heavy atom. The summed E-state index contributed by atoms with van der Waals surface area (Å²) in [7, 11) is 0. The van der Waals surface area contributed by atoms with E-state index in [4.69, 9.17) is 17.4 Å². The van der Waals surface area contributed by atoms with Gasteiger partial charge in [0, 0.05) is 6.20 Å². The first-order valence-electron chi connectivity index (χ1n) is 5.54. The third-order valence-corrected chi connectivity index (χ3v) is 2.69. The number of anilines is 1. The molecule has 0 saturated carbocycles. The number of aromatic nitrogens is 2. The van der Waals surface area contributed by atoms with Crippen LogP contribution in [0.1, 0.15) is 11.1 Å². The molecule has 0 bridgehead atoms. The van der Waals surface area contributed by atoms with E-state index in [0.29, 0.717) is 6.20 Å². The second-order valence-corrected chi connectivity index (χ2v) is 4.33. The monoisotopic (exact) mass is 302 g/mol. The Morgan fingerprint density at radius 2 is 1.85 bits per heavy atom. The van der Waals surface area contributed by atoms with Gasteiger partial charge in [-0.15, -0.1) is 0 Å². The fourth-order valence-corrected chi connectivity index (χ4v) is 1.75. The van der Waals surface area contributed by atoms with E-state index < -0.39 is 17.6 Å². The van der Waals surface area contributed by atoms with Crippen LogP contribution in [0.15, 0.2) is 36.5 Å². The van der Waals surface area contributed by atoms with Crippen molar-refractivity contribution in [2.75, 3.05) is 5.01 Å². The molecule has 0 unspecified atom stereocenters. The summed E-state index contributed by atoms with van der Waals surface area (Å²) < 4.78 is 38.6. The Balaban J connectivity index is 2.34. The molecule has 1 heterocycles. The van der Waals surface area contributed by atoms with Crippen molar-refractivity contribution in [3.05, 3.63) is 52.9 Å². The van der Waals surface area contributed by atoms with Crippen LogP contribution in [0.25, 0.3) is 0 Å². The Kier molecular flexibility index (Phi) is 4.10. The van der Waals surface area contributed by atoms with E-state index in [1.807, 2.05) is 0 Å². The van der Waals surface area contributed by atoms with Crippen LogP contribution in [0.3, 0.4) is 0 Å². The normalized spacial score (nSPS) is 11.4. The van der Waals surface area contributed by atoms with Gasteiger partial charge in [0.2, 0.25) is 5.28 Å². The zero-order valence-corrected chi connectivity index (χ0v) is 10.9. The zero-order chi connectivity index (χ0) is 14.8. The zero-order valence-electron chi connectivity index (χ0n) is 10.1. The minimum atomic E-state index is -4.60. The molecule has 2 N–H and O–H groups in total. The third-order valence-electron chi connectivity index (χ3n) is 2.51. The van der Waals surface area contributed by atoms with Gasteiger partial charge in [-0.1, -0.05) is 30.3 Å². The van der Waals surface area contributed by atoms with Crippen molar-refractivity contribution < 1.29 is 13.2 Å². The summed E-state index contributed by atoms with van der Waals surface area (Å²) >= 11 is 5.54. The molecule has 0 amide bonds. The summed E-state index contributed by atoms with van der Waals surface area (Å²) in [6.45, 7) is 0.0667. The van der Waals surface area contributed by atoms with Crippen LogP contribution in [0, 0.1) is 0 Å². The van der Waals surface area contributed by atoms with Gasteiger partial charge < -0.3 is 0 Å². The fraction of sp³-hybridized carbons (Fsp3) is 0.167. The Hall–Kier alpha value is -1.86. The summed E-state index contributed by atoms with van der Waals surface area (Å²) in [5.41, 5.74) is -0.279. The Labute approximate surface area is 118 Å². The number of benzene rings is 1. The van der Waals surface area contributed by atoms with Gasteiger partial charge >= 0.3 is 6.18 Å². The summed E-state index contributed by atoms with van der Waals surface area (Å²) in [6, 6.07) is 8.82.